The van der Waals surface area contributed by atoms with Gasteiger partial charge in [0.25, 0.3) is 0 Å². The molecule has 0 amide bonds. The van der Waals surface area contributed by atoms with Gasteiger partial charge in [0.2, 0.25) is 0 Å². The van der Waals surface area contributed by atoms with E-state index in [1.165, 1.54) is 32.9 Å². The van der Waals surface area contributed by atoms with Crippen LogP contribution in [0.15, 0.2) is 133 Å². The minimum atomic E-state index is 0.667. The zero-order chi connectivity index (χ0) is 30.1. The molecule has 3 aromatic heterocycles. The molecule has 0 spiro atoms. The van der Waals surface area contributed by atoms with Crippen molar-refractivity contribution in [1.82, 2.24) is 19.5 Å². The average Bonchev–Trinajstić information content (AvgIpc) is 3.41. The fourth-order valence-corrected chi connectivity index (χ4v) is 6.83. The Morgan fingerprint density at radius 1 is 0.444 bits per heavy atom. The van der Waals surface area contributed by atoms with Crippen molar-refractivity contribution in [1.29, 1.82) is 0 Å². The first kappa shape index (κ1) is 25.6. The van der Waals surface area contributed by atoms with E-state index in [1.807, 2.05) is 0 Å². The summed E-state index contributed by atoms with van der Waals surface area (Å²) in [5.41, 5.74) is 8.21. The standard InChI is InChI=1S/C41H28N4/c1-25-11-10-12-27(21-25)39-42-40-33-17-8-6-15-30(33)28-23-35(31-16-7-9-18-34(31)41(43-39)44-40)38-36(24-28)32-20-19-26(2)22-37(32)45(38)29-13-4-3-5-14-29/h3-24H,1-2H3. The molecule has 0 unspecified atom stereocenters. The highest BCUT2D eigenvalue weighted by molar-refractivity contribution is 6.24. The Morgan fingerprint density at radius 2 is 1.07 bits per heavy atom. The molecule has 0 atom stereocenters. The van der Waals surface area contributed by atoms with E-state index in [4.69, 9.17) is 15.0 Å². The van der Waals surface area contributed by atoms with Gasteiger partial charge in [0, 0.05) is 38.2 Å². The molecule has 0 saturated carbocycles. The van der Waals surface area contributed by atoms with Gasteiger partial charge in [-0.15, -0.1) is 0 Å². The van der Waals surface area contributed by atoms with Crippen molar-refractivity contribution in [3.8, 4) is 17.1 Å². The number of aryl methyl sites for hydroxylation is 2. The van der Waals surface area contributed by atoms with Crippen LogP contribution < -0.4 is 0 Å². The maximum Gasteiger partial charge on any atom is 0.164 e. The molecule has 4 bridgehead atoms. The van der Waals surface area contributed by atoms with Crippen molar-refractivity contribution in [2.45, 2.75) is 13.8 Å². The van der Waals surface area contributed by atoms with Crippen LogP contribution >= 0.6 is 0 Å². The van der Waals surface area contributed by atoms with Gasteiger partial charge in [-0.25, -0.2) is 15.0 Å². The zero-order valence-corrected chi connectivity index (χ0v) is 25.0. The molecule has 0 fully saturated rings. The van der Waals surface area contributed by atoms with Crippen LogP contribution in [0.3, 0.4) is 0 Å². The number of benzene rings is 6. The molecule has 9 aromatic rings. The largest absolute Gasteiger partial charge is 0.309 e. The maximum absolute atomic E-state index is 5.16. The summed E-state index contributed by atoms with van der Waals surface area (Å²) in [6.45, 7) is 4.26. The number of aromatic nitrogens is 4. The minimum Gasteiger partial charge on any atom is -0.309 e. The summed E-state index contributed by atoms with van der Waals surface area (Å²) >= 11 is 0. The molecule has 9 rings (SSSR count). The summed E-state index contributed by atoms with van der Waals surface area (Å²) in [4.78, 5) is 15.4. The first-order chi connectivity index (χ1) is 22.1. The van der Waals surface area contributed by atoms with Crippen molar-refractivity contribution >= 4 is 65.4 Å². The van der Waals surface area contributed by atoms with Gasteiger partial charge in [0.05, 0.1) is 11.0 Å². The van der Waals surface area contributed by atoms with Crippen LogP contribution in [0.4, 0.5) is 0 Å². The van der Waals surface area contributed by atoms with Gasteiger partial charge in [-0.3, -0.25) is 0 Å². The minimum absolute atomic E-state index is 0.667. The van der Waals surface area contributed by atoms with Crippen molar-refractivity contribution in [3.63, 3.8) is 0 Å². The molecule has 4 nitrogen and oxygen atoms in total. The molecule has 6 aromatic carbocycles. The summed E-state index contributed by atoms with van der Waals surface area (Å²) in [7, 11) is 0. The third-order valence-electron chi connectivity index (χ3n) is 8.88. The quantitative estimate of drug-likeness (QED) is 0.206. The highest BCUT2D eigenvalue weighted by Gasteiger charge is 2.18. The molecule has 45 heavy (non-hydrogen) atoms. The summed E-state index contributed by atoms with van der Waals surface area (Å²) < 4.78 is 2.42. The van der Waals surface area contributed by atoms with E-state index in [-0.39, 0.29) is 0 Å². The van der Waals surface area contributed by atoms with Gasteiger partial charge in [0.15, 0.2) is 17.1 Å². The van der Waals surface area contributed by atoms with Crippen LogP contribution in [0.1, 0.15) is 11.1 Å². The van der Waals surface area contributed by atoms with Crippen LogP contribution in [0, 0.1) is 13.8 Å². The van der Waals surface area contributed by atoms with Crippen molar-refractivity contribution in [3.05, 3.63) is 145 Å². The molecular formula is C41H28N4. The lowest BCUT2D eigenvalue weighted by molar-refractivity contribution is 1.18. The first-order valence-electron chi connectivity index (χ1n) is 15.3. The van der Waals surface area contributed by atoms with E-state index in [2.05, 4.69) is 152 Å². The van der Waals surface area contributed by atoms with E-state index in [1.54, 1.807) is 0 Å². The van der Waals surface area contributed by atoms with Crippen molar-refractivity contribution in [2.24, 2.45) is 0 Å². The molecule has 0 saturated heterocycles. The Balaban J connectivity index is 1.59. The Hall–Kier alpha value is -5.87. The normalized spacial score (nSPS) is 11.8. The fraction of sp³-hybridized carbons (Fsp3) is 0.0488. The van der Waals surface area contributed by atoms with Crippen LogP contribution in [-0.2, 0) is 0 Å². The van der Waals surface area contributed by atoms with Gasteiger partial charge in [-0.1, -0.05) is 103 Å². The Kier molecular flexibility index (Phi) is 5.59. The lowest BCUT2D eigenvalue weighted by Crippen LogP contribution is -1.96. The highest BCUT2D eigenvalue weighted by atomic mass is 15.0. The molecule has 0 aliphatic carbocycles. The van der Waals surface area contributed by atoms with Gasteiger partial charge in [-0.05, 0) is 72.0 Å². The monoisotopic (exact) mass is 576 g/mol. The van der Waals surface area contributed by atoms with Gasteiger partial charge in [-0.2, -0.15) is 0 Å². The van der Waals surface area contributed by atoms with Crippen molar-refractivity contribution in [2.75, 3.05) is 0 Å². The lowest BCUT2D eigenvalue weighted by atomic mass is 10.00. The predicted octanol–water partition coefficient (Wildman–Crippen LogP) is 10.4. The summed E-state index contributed by atoms with van der Waals surface area (Å²) in [5.74, 6) is 0.673. The Morgan fingerprint density at radius 3 is 1.80 bits per heavy atom. The van der Waals surface area contributed by atoms with E-state index < -0.39 is 0 Å². The fourth-order valence-electron chi connectivity index (χ4n) is 6.83. The van der Waals surface area contributed by atoms with E-state index in [9.17, 15) is 0 Å². The maximum atomic E-state index is 5.16. The molecule has 4 heteroatoms. The summed E-state index contributed by atoms with van der Waals surface area (Å²) in [6.07, 6.45) is 0. The number of fused-ring (bicyclic) bond motifs is 14. The lowest BCUT2D eigenvalue weighted by Gasteiger charge is -2.11. The molecule has 3 heterocycles. The van der Waals surface area contributed by atoms with Gasteiger partial charge in [0.1, 0.15) is 0 Å². The number of rotatable bonds is 2. The zero-order valence-electron chi connectivity index (χ0n) is 25.0. The Bertz CT molecular complexity index is 2670. The summed E-state index contributed by atoms with van der Waals surface area (Å²) in [5, 5.41) is 8.88. The van der Waals surface area contributed by atoms with E-state index >= 15 is 0 Å². The Labute approximate surface area is 259 Å². The van der Waals surface area contributed by atoms with Crippen LogP contribution in [0.25, 0.3) is 82.5 Å². The van der Waals surface area contributed by atoms with Gasteiger partial charge >= 0.3 is 0 Å². The molecule has 0 aliphatic heterocycles. The second-order valence-corrected chi connectivity index (χ2v) is 11.9. The third kappa shape index (κ3) is 4.03. The van der Waals surface area contributed by atoms with E-state index in [0.717, 1.165) is 43.6 Å². The number of hydrogen-bond donors (Lipinski definition) is 0. The number of hydrogen-bond acceptors (Lipinski definition) is 3. The number of para-hydroxylation sites is 1. The van der Waals surface area contributed by atoms with Crippen LogP contribution in [-0.4, -0.2) is 19.5 Å². The second-order valence-electron chi connectivity index (χ2n) is 11.9. The molecule has 0 aliphatic rings. The molecule has 212 valence electrons. The van der Waals surface area contributed by atoms with E-state index in [0.29, 0.717) is 17.1 Å². The average molecular weight is 577 g/mol. The predicted molar refractivity (Wildman–Crippen MR) is 188 cm³/mol. The molecular weight excluding hydrogens is 548 g/mol. The topological polar surface area (TPSA) is 43.6 Å². The summed E-state index contributed by atoms with van der Waals surface area (Å²) in [6, 6.07) is 47.5. The van der Waals surface area contributed by atoms with Gasteiger partial charge < -0.3 is 4.57 Å². The molecule has 0 radical (unpaired) electrons. The van der Waals surface area contributed by atoms with Crippen LogP contribution in [0.2, 0.25) is 0 Å². The first-order valence-corrected chi connectivity index (χ1v) is 15.3. The SMILES string of the molecule is Cc1cccc(-c2nc3nc(n2)c2ccccc2c2cc(cc4c5ccc(C)cc5n(-c5ccccc5)c24)c2ccccc32)c1. The van der Waals surface area contributed by atoms with Crippen molar-refractivity contribution < 1.29 is 0 Å². The molecule has 0 N–H and O–H groups in total. The highest BCUT2D eigenvalue weighted by Crippen LogP contribution is 2.40. The van der Waals surface area contributed by atoms with Crippen LogP contribution in [0.5, 0.6) is 0 Å². The third-order valence-corrected chi connectivity index (χ3v) is 8.88. The number of nitrogens with zero attached hydrogens (tertiary/aromatic N) is 4. The smallest absolute Gasteiger partial charge is 0.164 e. The second kappa shape index (κ2) is 9.83.